The van der Waals surface area contributed by atoms with E-state index in [-0.39, 0.29) is 30.0 Å². The molecule has 0 aliphatic carbocycles. The van der Waals surface area contributed by atoms with Crippen LogP contribution in [0.2, 0.25) is 0 Å². The number of amides is 1. The maximum absolute atomic E-state index is 12.9. The molecule has 0 bridgehead atoms. The third kappa shape index (κ3) is 7.12. The zero-order chi connectivity index (χ0) is 22.1. The molecule has 2 rings (SSSR count). The Labute approximate surface area is 182 Å². The van der Waals surface area contributed by atoms with Gasteiger partial charge in [0.15, 0.2) is 0 Å². The number of benzene rings is 1. The van der Waals surface area contributed by atoms with E-state index in [4.69, 9.17) is 4.74 Å². The summed E-state index contributed by atoms with van der Waals surface area (Å²) in [6.45, 7) is 11.2. The Morgan fingerprint density at radius 2 is 1.80 bits per heavy atom. The van der Waals surface area contributed by atoms with Crippen molar-refractivity contribution in [3.8, 4) is 0 Å². The molecule has 0 aromatic heterocycles. The number of carbonyl (C=O) groups excluding carboxylic acids is 2. The molecular formula is C25H40N2O3. The van der Waals surface area contributed by atoms with E-state index in [9.17, 15) is 9.59 Å². The van der Waals surface area contributed by atoms with Crippen molar-refractivity contribution in [2.75, 3.05) is 6.61 Å². The van der Waals surface area contributed by atoms with E-state index in [1.54, 1.807) is 6.92 Å². The number of hydrogen-bond donors (Lipinski definition) is 1. The fraction of sp³-hybridized carbons (Fsp3) is 0.680. The summed E-state index contributed by atoms with van der Waals surface area (Å²) >= 11 is 0. The summed E-state index contributed by atoms with van der Waals surface area (Å²) in [5.74, 6) is 0.741. The standard InChI is InChI=1S/C25H40N2O3/c1-6-20(7-2)15-22(26-19(5)28)23-13-14-24(25(29)30-17-18(3)4)27(23)16-21-11-9-8-10-12-21/h8-12,18,20,22-24H,6-7,13-17H2,1-5H3,(H,26,28)/t22-,23?,24+/m0/s1. The number of ether oxygens (including phenoxy) is 1. The minimum atomic E-state index is -0.257. The van der Waals surface area contributed by atoms with Crippen LogP contribution in [0.25, 0.3) is 0 Å². The summed E-state index contributed by atoms with van der Waals surface area (Å²) in [4.78, 5) is 27.2. The first-order chi connectivity index (χ1) is 14.3. The second-order valence-electron chi connectivity index (χ2n) is 9.07. The molecule has 0 radical (unpaired) electrons. The Balaban J connectivity index is 2.26. The Morgan fingerprint density at radius 1 is 1.13 bits per heavy atom. The molecule has 1 amide bonds. The van der Waals surface area contributed by atoms with Crippen LogP contribution < -0.4 is 5.32 Å². The van der Waals surface area contributed by atoms with Crippen LogP contribution in [0, 0.1) is 11.8 Å². The number of rotatable bonds is 11. The van der Waals surface area contributed by atoms with Crippen LogP contribution in [0.4, 0.5) is 0 Å². The van der Waals surface area contributed by atoms with Gasteiger partial charge in [-0.3, -0.25) is 14.5 Å². The average molecular weight is 417 g/mol. The molecule has 1 heterocycles. The molecule has 0 spiro atoms. The van der Waals surface area contributed by atoms with Gasteiger partial charge in [-0.15, -0.1) is 0 Å². The quantitative estimate of drug-likeness (QED) is 0.538. The van der Waals surface area contributed by atoms with Crippen LogP contribution in [0.3, 0.4) is 0 Å². The fourth-order valence-electron chi connectivity index (χ4n) is 4.50. The Bertz CT molecular complexity index is 658. The number of carbonyl (C=O) groups is 2. The average Bonchev–Trinajstić information content (AvgIpc) is 3.13. The number of esters is 1. The molecule has 1 unspecified atom stereocenters. The SMILES string of the molecule is CCC(CC)C[C@H](NC(C)=O)C1CC[C@H](C(=O)OCC(C)C)N1Cc1ccccc1. The largest absolute Gasteiger partial charge is 0.464 e. The highest BCUT2D eigenvalue weighted by Crippen LogP contribution is 2.32. The molecule has 5 heteroatoms. The van der Waals surface area contributed by atoms with E-state index in [1.165, 1.54) is 5.56 Å². The molecule has 1 aromatic rings. The highest BCUT2D eigenvalue weighted by atomic mass is 16.5. The van der Waals surface area contributed by atoms with E-state index in [2.05, 4.69) is 50.0 Å². The molecular weight excluding hydrogens is 376 g/mol. The highest BCUT2D eigenvalue weighted by Gasteiger charge is 2.42. The fourth-order valence-corrected chi connectivity index (χ4v) is 4.50. The van der Waals surface area contributed by atoms with Gasteiger partial charge in [-0.2, -0.15) is 0 Å². The normalized spacial score (nSPS) is 20.5. The Hall–Kier alpha value is -1.88. The van der Waals surface area contributed by atoms with Gasteiger partial charge in [0.05, 0.1) is 6.61 Å². The zero-order valence-electron chi connectivity index (χ0n) is 19.4. The first-order valence-electron chi connectivity index (χ1n) is 11.6. The van der Waals surface area contributed by atoms with Gasteiger partial charge in [0.1, 0.15) is 6.04 Å². The minimum absolute atomic E-state index is 0.00329. The summed E-state index contributed by atoms with van der Waals surface area (Å²) in [6.07, 6.45) is 4.79. The predicted molar refractivity (Wildman–Crippen MR) is 121 cm³/mol. The van der Waals surface area contributed by atoms with Crippen molar-refractivity contribution < 1.29 is 14.3 Å². The summed E-state index contributed by atoms with van der Waals surface area (Å²) < 4.78 is 5.62. The molecule has 1 aliphatic rings. The number of likely N-dealkylation sites (tertiary alicyclic amines) is 1. The van der Waals surface area contributed by atoms with Crippen molar-refractivity contribution >= 4 is 11.9 Å². The molecule has 1 aliphatic heterocycles. The van der Waals surface area contributed by atoms with Gasteiger partial charge in [0.25, 0.3) is 0 Å². The monoisotopic (exact) mass is 416 g/mol. The van der Waals surface area contributed by atoms with Gasteiger partial charge in [0, 0.05) is 25.6 Å². The van der Waals surface area contributed by atoms with Gasteiger partial charge in [-0.1, -0.05) is 70.9 Å². The van der Waals surface area contributed by atoms with E-state index in [0.717, 1.165) is 32.1 Å². The Kier molecular flexibility index (Phi) is 9.83. The van der Waals surface area contributed by atoms with Crippen LogP contribution in [0.15, 0.2) is 30.3 Å². The molecule has 3 atom stereocenters. The second-order valence-corrected chi connectivity index (χ2v) is 9.07. The van der Waals surface area contributed by atoms with Gasteiger partial charge >= 0.3 is 5.97 Å². The molecule has 1 saturated heterocycles. The van der Waals surface area contributed by atoms with Crippen LogP contribution >= 0.6 is 0 Å². The third-order valence-electron chi connectivity index (χ3n) is 6.20. The van der Waals surface area contributed by atoms with E-state index in [1.807, 2.05) is 18.2 Å². The van der Waals surface area contributed by atoms with E-state index < -0.39 is 0 Å². The van der Waals surface area contributed by atoms with Gasteiger partial charge < -0.3 is 10.1 Å². The van der Waals surface area contributed by atoms with Crippen LogP contribution in [0.5, 0.6) is 0 Å². The molecule has 168 valence electrons. The van der Waals surface area contributed by atoms with Gasteiger partial charge in [-0.25, -0.2) is 0 Å². The third-order valence-corrected chi connectivity index (χ3v) is 6.20. The maximum atomic E-state index is 12.9. The van der Waals surface area contributed by atoms with E-state index >= 15 is 0 Å². The van der Waals surface area contributed by atoms with Crippen molar-refractivity contribution in [2.45, 2.75) is 91.4 Å². The lowest BCUT2D eigenvalue weighted by Gasteiger charge is -2.36. The van der Waals surface area contributed by atoms with Crippen molar-refractivity contribution in [1.82, 2.24) is 10.2 Å². The number of nitrogens with zero attached hydrogens (tertiary/aromatic N) is 1. The lowest BCUT2D eigenvalue weighted by atomic mass is 9.90. The molecule has 1 N–H and O–H groups in total. The van der Waals surface area contributed by atoms with Crippen molar-refractivity contribution in [3.63, 3.8) is 0 Å². The summed E-state index contributed by atoms with van der Waals surface area (Å²) in [5.41, 5.74) is 1.18. The predicted octanol–water partition coefficient (Wildman–Crippen LogP) is 4.55. The van der Waals surface area contributed by atoms with Crippen molar-refractivity contribution in [3.05, 3.63) is 35.9 Å². The second kappa shape index (κ2) is 12.1. The lowest BCUT2D eigenvalue weighted by molar-refractivity contribution is -0.151. The van der Waals surface area contributed by atoms with Crippen LogP contribution in [-0.4, -0.2) is 41.5 Å². The zero-order valence-corrected chi connectivity index (χ0v) is 19.4. The highest BCUT2D eigenvalue weighted by molar-refractivity contribution is 5.76. The van der Waals surface area contributed by atoms with Crippen molar-refractivity contribution in [1.29, 1.82) is 0 Å². The van der Waals surface area contributed by atoms with Gasteiger partial charge in [-0.05, 0) is 36.7 Å². The number of hydrogen-bond acceptors (Lipinski definition) is 4. The van der Waals surface area contributed by atoms with E-state index in [0.29, 0.717) is 25.0 Å². The van der Waals surface area contributed by atoms with Crippen molar-refractivity contribution in [2.24, 2.45) is 11.8 Å². The van der Waals surface area contributed by atoms with Crippen LogP contribution in [0.1, 0.15) is 72.3 Å². The van der Waals surface area contributed by atoms with Gasteiger partial charge in [0.2, 0.25) is 5.91 Å². The maximum Gasteiger partial charge on any atom is 0.323 e. The molecule has 1 aromatic carbocycles. The summed E-state index contributed by atoms with van der Waals surface area (Å²) in [5, 5.41) is 3.21. The lowest BCUT2D eigenvalue weighted by Crippen LogP contribution is -2.52. The molecule has 5 nitrogen and oxygen atoms in total. The Morgan fingerprint density at radius 3 is 2.37 bits per heavy atom. The smallest absolute Gasteiger partial charge is 0.323 e. The summed E-state index contributed by atoms with van der Waals surface area (Å²) in [6, 6.07) is 10.2. The summed E-state index contributed by atoms with van der Waals surface area (Å²) in [7, 11) is 0. The number of nitrogens with one attached hydrogen (secondary N) is 1. The minimum Gasteiger partial charge on any atom is -0.464 e. The first-order valence-corrected chi connectivity index (χ1v) is 11.6. The molecule has 0 saturated carbocycles. The first kappa shape index (κ1) is 24.4. The molecule has 1 fully saturated rings. The molecule has 30 heavy (non-hydrogen) atoms. The van der Waals surface area contributed by atoms with Crippen LogP contribution in [-0.2, 0) is 20.9 Å². The topological polar surface area (TPSA) is 58.6 Å².